The van der Waals surface area contributed by atoms with Crippen LogP contribution in [0.5, 0.6) is 11.5 Å². The van der Waals surface area contributed by atoms with Gasteiger partial charge in [0.05, 0.1) is 5.60 Å². The topological polar surface area (TPSA) is 64.7 Å². The zero-order chi connectivity index (χ0) is 15.0. The second kappa shape index (κ2) is 8.25. The molecule has 0 unspecified atom stereocenters. The highest BCUT2D eigenvalue weighted by Crippen LogP contribution is 2.28. The first kappa shape index (κ1) is 16.1. The molecule has 1 fully saturated rings. The minimum atomic E-state index is -0.686. The van der Waals surface area contributed by atoms with E-state index >= 15 is 0 Å². The zero-order valence-electron chi connectivity index (χ0n) is 12.7. The Kier molecular flexibility index (Phi) is 6.33. The van der Waals surface area contributed by atoms with Gasteiger partial charge in [-0.3, -0.25) is 0 Å². The van der Waals surface area contributed by atoms with Crippen LogP contribution in [0.15, 0.2) is 24.3 Å². The first-order chi connectivity index (χ1) is 10.2. The van der Waals surface area contributed by atoms with E-state index < -0.39 is 5.60 Å². The number of rotatable bonds is 6. The van der Waals surface area contributed by atoms with E-state index in [1.54, 1.807) is 0 Å². The molecule has 118 valence electrons. The first-order valence-corrected chi connectivity index (χ1v) is 8.00. The molecule has 0 heterocycles. The number of hydrogen-bond acceptors (Lipinski definition) is 4. The predicted octanol–water partition coefficient (Wildman–Crippen LogP) is 2.88. The molecule has 0 aromatic heterocycles. The third kappa shape index (κ3) is 5.56. The van der Waals surface area contributed by atoms with Crippen molar-refractivity contribution < 1.29 is 14.6 Å². The third-order valence-corrected chi connectivity index (χ3v) is 3.98. The summed E-state index contributed by atoms with van der Waals surface area (Å²) in [6.45, 7) is 1.34. The molecular formula is C17H27NO3. The van der Waals surface area contributed by atoms with Crippen LogP contribution in [0.4, 0.5) is 0 Å². The van der Waals surface area contributed by atoms with Gasteiger partial charge in [0.1, 0.15) is 24.7 Å². The van der Waals surface area contributed by atoms with E-state index in [4.69, 9.17) is 15.2 Å². The summed E-state index contributed by atoms with van der Waals surface area (Å²) >= 11 is 0. The highest BCUT2D eigenvalue weighted by atomic mass is 16.5. The molecular weight excluding hydrogens is 266 g/mol. The van der Waals surface area contributed by atoms with E-state index in [-0.39, 0.29) is 0 Å². The van der Waals surface area contributed by atoms with Crippen molar-refractivity contribution in [2.75, 3.05) is 19.8 Å². The molecule has 0 atom stereocenters. The van der Waals surface area contributed by atoms with Crippen molar-refractivity contribution in [2.45, 2.75) is 50.5 Å². The summed E-state index contributed by atoms with van der Waals surface area (Å²) in [7, 11) is 0. The summed E-state index contributed by atoms with van der Waals surface area (Å²) in [5, 5.41) is 10.7. The van der Waals surface area contributed by atoms with E-state index in [1.165, 1.54) is 19.3 Å². The second-order valence-corrected chi connectivity index (χ2v) is 5.89. The summed E-state index contributed by atoms with van der Waals surface area (Å²) in [6, 6.07) is 7.51. The molecule has 1 saturated carbocycles. The summed E-state index contributed by atoms with van der Waals surface area (Å²) < 4.78 is 11.3. The van der Waals surface area contributed by atoms with Crippen LogP contribution in [-0.4, -0.2) is 30.5 Å². The minimum absolute atomic E-state index is 0.355. The number of aliphatic hydroxyl groups is 1. The molecule has 1 aromatic carbocycles. The Labute approximate surface area is 127 Å². The Morgan fingerprint density at radius 3 is 2.29 bits per heavy atom. The molecule has 0 bridgehead atoms. The largest absolute Gasteiger partial charge is 0.492 e. The van der Waals surface area contributed by atoms with E-state index in [0.29, 0.717) is 19.8 Å². The van der Waals surface area contributed by atoms with E-state index in [1.807, 2.05) is 24.3 Å². The van der Waals surface area contributed by atoms with Crippen LogP contribution in [0.25, 0.3) is 0 Å². The number of ether oxygens (including phenoxy) is 2. The Morgan fingerprint density at radius 1 is 1.00 bits per heavy atom. The highest BCUT2D eigenvalue weighted by Gasteiger charge is 2.28. The van der Waals surface area contributed by atoms with Crippen molar-refractivity contribution in [1.82, 2.24) is 0 Å². The number of benzene rings is 1. The van der Waals surface area contributed by atoms with Gasteiger partial charge in [0.25, 0.3) is 0 Å². The van der Waals surface area contributed by atoms with Gasteiger partial charge < -0.3 is 20.3 Å². The van der Waals surface area contributed by atoms with Crippen molar-refractivity contribution in [3.8, 4) is 11.5 Å². The standard InChI is InChI=1S/C17H27NO3/c18-11-12-20-15-7-6-8-16(13-15)21-14-17(19)9-4-2-1-3-5-10-17/h6-8,13,19H,1-5,9-12,14,18H2. The maximum absolute atomic E-state index is 10.7. The lowest BCUT2D eigenvalue weighted by atomic mass is 9.88. The van der Waals surface area contributed by atoms with Crippen molar-refractivity contribution in [1.29, 1.82) is 0 Å². The monoisotopic (exact) mass is 293 g/mol. The van der Waals surface area contributed by atoms with Gasteiger partial charge in [0, 0.05) is 12.6 Å². The van der Waals surface area contributed by atoms with Crippen LogP contribution in [0.2, 0.25) is 0 Å². The fraction of sp³-hybridized carbons (Fsp3) is 0.647. The van der Waals surface area contributed by atoms with Crippen LogP contribution in [0.3, 0.4) is 0 Å². The van der Waals surface area contributed by atoms with Crippen LogP contribution in [0, 0.1) is 0 Å². The number of hydrogen-bond donors (Lipinski definition) is 2. The molecule has 1 aliphatic carbocycles. The first-order valence-electron chi connectivity index (χ1n) is 8.00. The van der Waals surface area contributed by atoms with Crippen LogP contribution in [-0.2, 0) is 0 Å². The molecule has 0 amide bonds. The Hall–Kier alpha value is -1.26. The summed E-state index contributed by atoms with van der Waals surface area (Å²) in [4.78, 5) is 0. The maximum atomic E-state index is 10.7. The average Bonchev–Trinajstić information content (AvgIpc) is 2.48. The molecule has 2 rings (SSSR count). The minimum Gasteiger partial charge on any atom is -0.492 e. The third-order valence-electron chi connectivity index (χ3n) is 3.98. The fourth-order valence-corrected chi connectivity index (χ4v) is 2.76. The van der Waals surface area contributed by atoms with Crippen molar-refractivity contribution in [3.05, 3.63) is 24.3 Å². The van der Waals surface area contributed by atoms with Gasteiger partial charge in [-0.05, 0) is 25.0 Å². The molecule has 0 saturated heterocycles. The lowest BCUT2D eigenvalue weighted by Gasteiger charge is -2.30. The molecule has 0 spiro atoms. The Morgan fingerprint density at radius 2 is 1.62 bits per heavy atom. The van der Waals surface area contributed by atoms with Gasteiger partial charge in [-0.2, -0.15) is 0 Å². The SMILES string of the molecule is NCCOc1cccc(OCC2(O)CCCCCCC2)c1. The molecule has 1 aliphatic rings. The summed E-state index contributed by atoms with van der Waals surface area (Å²) in [5.41, 5.74) is 4.74. The van der Waals surface area contributed by atoms with Crippen molar-refractivity contribution in [2.24, 2.45) is 5.73 Å². The van der Waals surface area contributed by atoms with Gasteiger partial charge in [-0.1, -0.05) is 38.2 Å². The van der Waals surface area contributed by atoms with Gasteiger partial charge in [0.15, 0.2) is 0 Å². The van der Waals surface area contributed by atoms with E-state index in [2.05, 4.69) is 0 Å². The Balaban J connectivity index is 1.88. The quantitative estimate of drug-likeness (QED) is 0.846. The van der Waals surface area contributed by atoms with E-state index in [9.17, 15) is 5.11 Å². The molecule has 3 N–H and O–H groups in total. The lowest BCUT2D eigenvalue weighted by Crippen LogP contribution is -2.36. The van der Waals surface area contributed by atoms with Gasteiger partial charge in [-0.15, -0.1) is 0 Å². The smallest absolute Gasteiger partial charge is 0.123 e. The molecule has 0 radical (unpaired) electrons. The van der Waals surface area contributed by atoms with Gasteiger partial charge in [-0.25, -0.2) is 0 Å². The highest BCUT2D eigenvalue weighted by molar-refractivity contribution is 5.33. The predicted molar refractivity (Wildman–Crippen MR) is 83.8 cm³/mol. The Bertz CT molecular complexity index is 414. The zero-order valence-corrected chi connectivity index (χ0v) is 12.7. The van der Waals surface area contributed by atoms with E-state index in [0.717, 1.165) is 37.2 Å². The van der Waals surface area contributed by atoms with Crippen molar-refractivity contribution in [3.63, 3.8) is 0 Å². The maximum Gasteiger partial charge on any atom is 0.123 e. The van der Waals surface area contributed by atoms with Crippen LogP contribution < -0.4 is 15.2 Å². The molecule has 4 heteroatoms. The van der Waals surface area contributed by atoms with Gasteiger partial charge >= 0.3 is 0 Å². The molecule has 1 aromatic rings. The van der Waals surface area contributed by atoms with Gasteiger partial charge in [0.2, 0.25) is 0 Å². The van der Waals surface area contributed by atoms with Crippen LogP contribution >= 0.6 is 0 Å². The van der Waals surface area contributed by atoms with Crippen molar-refractivity contribution >= 4 is 0 Å². The number of nitrogens with two attached hydrogens (primary N) is 1. The average molecular weight is 293 g/mol. The van der Waals surface area contributed by atoms with Crippen LogP contribution in [0.1, 0.15) is 44.9 Å². The normalized spacial score (nSPS) is 18.6. The second-order valence-electron chi connectivity index (χ2n) is 5.89. The summed E-state index contributed by atoms with van der Waals surface area (Å²) in [5.74, 6) is 1.49. The molecule has 21 heavy (non-hydrogen) atoms. The lowest BCUT2D eigenvalue weighted by molar-refractivity contribution is -0.0257. The fourth-order valence-electron chi connectivity index (χ4n) is 2.76. The molecule has 4 nitrogen and oxygen atoms in total. The summed E-state index contributed by atoms with van der Waals surface area (Å²) in [6.07, 6.45) is 7.54. The molecule has 0 aliphatic heterocycles.